The second kappa shape index (κ2) is 6.76. The zero-order chi connectivity index (χ0) is 17.2. The van der Waals surface area contributed by atoms with Gasteiger partial charge in [0.05, 0.1) is 17.6 Å². The van der Waals surface area contributed by atoms with Crippen molar-refractivity contribution in [2.24, 2.45) is 0 Å². The molecule has 0 saturated carbocycles. The first-order chi connectivity index (χ1) is 12.2. The van der Waals surface area contributed by atoms with Crippen molar-refractivity contribution in [3.63, 3.8) is 0 Å². The van der Waals surface area contributed by atoms with Crippen LogP contribution in [-0.2, 0) is 0 Å². The van der Waals surface area contributed by atoms with Crippen LogP contribution in [0.5, 0.6) is 5.88 Å². The van der Waals surface area contributed by atoms with E-state index in [1.54, 1.807) is 35.6 Å². The second-order valence-corrected chi connectivity index (χ2v) is 6.77. The lowest BCUT2D eigenvalue weighted by atomic mass is 10.1. The molecule has 25 heavy (non-hydrogen) atoms. The van der Waals surface area contributed by atoms with E-state index < -0.39 is 0 Å². The van der Waals surface area contributed by atoms with E-state index in [0.717, 1.165) is 21.9 Å². The van der Waals surface area contributed by atoms with Gasteiger partial charge in [-0.25, -0.2) is 4.98 Å². The van der Waals surface area contributed by atoms with Gasteiger partial charge in [0.25, 0.3) is 5.91 Å². The highest BCUT2D eigenvalue weighted by atomic mass is 79.9. The summed E-state index contributed by atoms with van der Waals surface area (Å²) in [7, 11) is 0. The number of ether oxygens (including phenoxy) is 1. The predicted octanol–water partition coefficient (Wildman–Crippen LogP) is 3.08. The lowest BCUT2D eigenvalue weighted by Gasteiger charge is -2.17. The van der Waals surface area contributed by atoms with E-state index in [1.807, 2.05) is 18.2 Å². The second-order valence-electron chi connectivity index (χ2n) is 5.85. The third-order valence-electron chi connectivity index (χ3n) is 4.14. The molecule has 1 aliphatic rings. The van der Waals surface area contributed by atoms with Gasteiger partial charge in [-0.15, -0.1) is 0 Å². The molecule has 6 nitrogen and oxygen atoms in total. The van der Waals surface area contributed by atoms with Crippen LogP contribution < -0.4 is 4.74 Å². The van der Waals surface area contributed by atoms with Crippen molar-refractivity contribution in [2.45, 2.75) is 12.5 Å². The number of rotatable bonds is 3. The lowest BCUT2D eigenvalue weighted by molar-refractivity contribution is 0.0771. The lowest BCUT2D eigenvalue weighted by Crippen LogP contribution is -2.31. The molecule has 1 fully saturated rings. The number of hydrogen-bond donors (Lipinski definition) is 0. The van der Waals surface area contributed by atoms with Gasteiger partial charge >= 0.3 is 0 Å². The Bertz CT molecular complexity index is 916. The van der Waals surface area contributed by atoms with Crippen LogP contribution in [0.1, 0.15) is 16.8 Å². The summed E-state index contributed by atoms with van der Waals surface area (Å²) < 4.78 is 6.77. The van der Waals surface area contributed by atoms with E-state index in [2.05, 4.69) is 30.9 Å². The largest absolute Gasteiger partial charge is 0.472 e. The van der Waals surface area contributed by atoms with Gasteiger partial charge < -0.3 is 9.64 Å². The molecule has 1 atom stereocenters. The number of aromatic nitrogens is 3. The first-order valence-electron chi connectivity index (χ1n) is 7.97. The number of carbonyl (C=O) groups is 1. The zero-order valence-corrected chi connectivity index (χ0v) is 14.9. The third kappa shape index (κ3) is 3.46. The molecule has 0 aliphatic carbocycles. The van der Waals surface area contributed by atoms with Crippen LogP contribution in [0.3, 0.4) is 0 Å². The first kappa shape index (κ1) is 16.0. The highest BCUT2D eigenvalue weighted by Crippen LogP contribution is 2.20. The van der Waals surface area contributed by atoms with Crippen LogP contribution in [0.15, 0.2) is 53.4 Å². The van der Waals surface area contributed by atoms with Crippen LogP contribution in [0, 0.1) is 0 Å². The molecule has 126 valence electrons. The Kier molecular flexibility index (Phi) is 4.31. The van der Waals surface area contributed by atoms with Crippen LogP contribution in [0.25, 0.3) is 11.0 Å². The molecule has 0 radical (unpaired) electrons. The summed E-state index contributed by atoms with van der Waals surface area (Å²) >= 11 is 3.35. The van der Waals surface area contributed by atoms with Crippen molar-refractivity contribution < 1.29 is 9.53 Å². The molecular formula is C18H15BrN4O2. The van der Waals surface area contributed by atoms with E-state index in [-0.39, 0.29) is 12.0 Å². The Hall–Kier alpha value is -2.54. The standard InChI is InChI=1S/C18H15BrN4O2/c19-13-2-4-17(22-10-13)25-14-5-8-23(11-14)18(24)12-1-3-15-16(9-12)21-7-6-20-15/h1-4,6-7,9-10,14H,5,8,11H2. The maximum Gasteiger partial charge on any atom is 0.254 e. The van der Waals surface area contributed by atoms with Gasteiger partial charge in [-0.05, 0) is 40.2 Å². The quantitative estimate of drug-likeness (QED) is 0.677. The molecule has 1 saturated heterocycles. The van der Waals surface area contributed by atoms with E-state index >= 15 is 0 Å². The van der Waals surface area contributed by atoms with Gasteiger partial charge in [0, 0.05) is 47.7 Å². The predicted molar refractivity (Wildman–Crippen MR) is 96.4 cm³/mol. The summed E-state index contributed by atoms with van der Waals surface area (Å²) in [6, 6.07) is 9.11. The SMILES string of the molecule is O=C(c1ccc2nccnc2c1)N1CCC(Oc2ccc(Br)cn2)C1. The third-order valence-corrected chi connectivity index (χ3v) is 4.61. The first-order valence-corrected chi connectivity index (χ1v) is 8.76. The molecule has 0 bridgehead atoms. The summed E-state index contributed by atoms with van der Waals surface area (Å²) in [6.45, 7) is 1.22. The topological polar surface area (TPSA) is 68.2 Å². The average molecular weight is 399 g/mol. The fourth-order valence-corrected chi connectivity index (χ4v) is 3.13. The molecule has 0 spiro atoms. The highest BCUT2D eigenvalue weighted by Gasteiger charge is 2.28. The number of halogens is 1. The summed E-state index contributed by atoms with van der Waals surface area (Å²) in [6.07, 6.45) is 5.71. The molecule has 3 heterocycles. The van der Waals surface area contributed by atoms with Gasteiger partial charge in [-0.1, -0.05) is 0 Å². The Balaban J connectivity index is 1.45. The van der Waals surface area contributed by atoms with E-state index in [9.17, 15) is 4.79 Å². The number of likely N-dealkylation sites (tertiary alicyclic amines) is 1. The van der Waals surface area contributed by atoms with Crippen molar-refractivity contribution in [3.8, 4) is 5.88 Å². The molecule has 1 unspecified atom stereocenters. The van der Waals surface area contributed by atoms with Crippen LogP contribution in [0.2, 0.25) is 0 Å². The fraction of sp³-hybridized carbons (Fsp3) is 0.222. The van der Waals surface area contributed by atoms with Crippen molar-refractivity contribution in [2.75, 3.05) is 13.1 Å². The monoisotopic (exact) mass is 398 g/mol. The molecule has 0 N–H and O–H groups in total. The minimum absolute atomic E-state index is 0.0116. The molecule has 2 aromatic heterocycles. The normalized spacial score (nSPS) is 17.0. The number of fused-ring (bicyclic) bond motifs is 1. The smallest absolute Gasteiger partial charge is 0.254 e. The van der Waals surface area contributed by atoms with Crippen molar-refractivity contribution in [3.05, 3.63) is 59.0 Å². The van der Waals surface area contributed by atoms with Crippen molar-refractivity contribution in [1.29, 1.82) is 0 Å². The minimum Gasteiger partial charge on any atom is -0.472 e. The number of pyridine rings is 1. The van der Waals surface area contributed by atoms with Crippen molar-refractivity contribution in [1.82, 2.24) is 19.9 Å². The number of carbonyl (C=O) groups excluding carboxylic acids is 1. The van der Waals surface area contributed by atoms with E-state index in [0.29, 0.717) is 24.5 Å². The van der Waals surface area contributed by atoms with Gasteiger partial charge in [-0.3, -0.25) is 14.8 Å². The molecular weight excluding hydrogens is 384 g/mol. The minimum atomic E-state index is -0.0436. The van der Waals surface area contributed by atoms with Crippen LogP contribution >= 0.6 is 15.9 Å². The van der Waals surface area contributed by atoms with Gasteiger partial charge in [-0.2, -0.15) is 0 Å². The summed E-state index contributed by atoms with van der Waals surface area (Å²) in [5.74, 6) is 0.561. The summed E-state index contributed by atoms with van der Waals surface area (Å²) in [5, 5.41) is 0. The molecule has 3 aromatic rings. The Morgan fingerprint density at radius 1 is 1.12 bits per heavy atom. The number of amides is 1. The van der Waals surface area contributed by atoms with E-state index in [1.165, 1.54) is 0 Å². The summed E-state index contributed by atoms with van der Waals surface area (Å²) in [4.78, 5) is 27.2. The maximum absolute atomic E-state index is 12.7. The molecule has 1 aromatic carbocycles. The Labute approximate surface area is 153 Å². The molecule has 1 aliphatic heterocycles. The number of nitrogens with zero attached hydrogens (tertiary/aromatic N) is 4. The maximum atomic E-state index is 12.7. The molecule has 4 rings (SSSR count). The van der Waals surface area contributed by atoms with Crippen molar-refractivity contribution >= 4 is 32.9 Å². The van der Waals surface area contributed by atoms with E-state index in [4.69, 9.17) is 4.74 Å². The summed E-state index contributed by atoms with van der Waals surface area (Å²) in [5.41, 5.74) is 2.12. The number of benzene rings is 1. The van der Waals surface area contributed by atoms with Gasteiger partial charge in [0.15, 0.2) is 0 Å². The number of hydrogen-bond acceptors (Lipinski definition) is 5. The van der Waals surface area contributed by atoms with Crippen LogP contribution in [-0.4, -0.2) is 45.0 Å². The molecule has 1 amide bonds. The van der Waals surface area contributed by atoms with Crippen LogP contribution in [0.4, 0.5) is 0 Å². The fourth-order valence-electron chi connectivity index (χ4n) is 2.89. The zero-order valence-electron chi connectivity index (χ0n) is 13.3. The average Bonchev–Trinajstić information content (AvgIpc) is 3.11. The Morgan fingerprint density at radius 3 is 2.76 bits per heavy atom. The highest BCUT2D eigenvalue weighted by molar-refractivity contribution is 9.10. The van der Waals surface area contributed by atoms with Gasteiger partial charge in [0.1, 0.15) is 6.10 Å². The van der Waals surface area contributed by atoms with Gasteiger partial charge in [0.2, 0.25) is 5.88 Å². The molecule has 7 heteroatoms. The Morgan fingerprint density at radius 2 is 1.96 bits per heavy atom.